The lowest BCUT2D eigenvalue weighted by Crippen LogP contribution is -1.94. The van der Waals surface area contributed by atoms with Gasteiger partial charge in [0.1, 0.15) is 0 Å². The first kappa shape index (κ1) is 10.2. The maximum Gasteiger partial charge on any atom is 0.181 e. The third-order valence-electron chi connectivity index (χ3n) is 1.22. The number of nitrogens with one attached hydrogen (secondary N) is 1. The van der Waals surface area contributed by atoms with Crippen LogP contribution in [0.5, 0.6) is 0 Å². The van der Waals surface area contributed by atoms with Gasteiger partial charge in [0.25, 0.3) is 0 Å². The van der Waals surface area contributed by atoms with Crippen LogP contribution in [0.15, 0.2) is 18.2 Å². The van der Waals surface area contributed by atoms with E-state index in [-0.39, 0.29) is 18.1 Å². The molecule has 4 heteroatoms. The van der Waals surface area contributed by atoms with E-state index in [1.165, 1.54) is 19.2 Å². The Hall–Kier alpha value is -0.830. The molecule has 1 aromatic carbocycles. The smallest absolute Gasteiger partial charge is 0.181 e. The van der Waals surface area contributed by atoms with Crippen LogP contribution in [-0.2, 0) is 0 Å². The Morgan fingerprint density at radius 3 is 2.36 bits per heavy atom. The normalized spacial score (nSPS) is 8.64. The molecule has 0 amide bonds. The molecule has 0 bridgehead atoms. The van der Waals surface area contributed by atoms with E-state index in [2.05, 4.69) is 5.32 Å². The van der Waals surface area contributed by atoms with Gasteiger partial charge in [-0.2, -0.15) is 0 Å². The maximum absolute atomic E-state index is 12.6. The largest absolute Gasteiger partial charge is 0.386 e. The number of benzene rings is 1. The second-order valence-corrected chi connectivity index (χ2v) is 1.85. The molecule has 0 saturated heterocycles. The van der Waals surface area contributed by atoms with Crippen LogP contribution >= 0.6 is 12.4 Å². The molecule has 0 aliphatic heterocycles. The van der Waals surface area contributed by atoms with Crippen molar-refractivity contribution in [2.45, 2.75) is 0 Å². The maximum atomic E-state index is 12.6. The van der Waals surface area contributed by atoms with E-state index >= 15 is 0 Å². The summed E-state index contributed by atoms with van der Waals surface area (Å²) in [5, 5.41) is 2.52. The highest BCUT2D eigenvalue weighted by Gasteiger charge is 2.03. The standard InChI is InChI=1S/C7H7F2N.ClH/c1-10-6-4-2-3-5(8)7(6)9;/h2-4,10H,1H3;1H. The van der Waals surface area contributed by atoms with Crippen LogP contribution in [0.2, 0.25) is 0 Å². The molecule has 1 N–H and O–H groups in total. The lowest BCUT2D eigenvalue weighted by molar-refractivity contribution is 0.511. The third-order valence-corrected chi connectivity index (χ3v) is 1.22. The lowest BCUT2D eigenvalue weighted by atomic mass is 10.3. The summed E-state index contributed by atoms with van der Waals surface area (Å²) in [5.41, 5.74) is 0.181. The van der Waals surface area contributed by atoms with Crippen molar-refractivity contribution in [1.82, 2.24) is 0 Å². The molecule has 0 heterocycles. The molecular formula is C7H8ClF2N. The van der Waals surface area contributed by atoms with Crippen molar-refractivity contribution in [3.05, 3.63) is 29.8 Å². The van der Waals surface area contributed by atoms with Crippen molar-refractivity contribution in [2.75, 3.05) is 12.4 Å². The van der Waals surface area contributed by atoms with Crippen LogP contribution in [-0.4, -0.2) is 7.05 Å². The number of hydrogen-bond acceptors (Lipinski definition) is 1. The van der Waals surface area contributed by atoms with Gasteiger partial charge in [-0.15, -0.1) is 12.4 Å². The topological polar surface area (TPSA) is 12.0 Å². The fourth-order valence-corrected chi connectivity index (χ4v) is 0.697. The summed E-state index contributed by atoms with van der Waals surface area (Å²) in [6, 6.07) is 4.00. The zero-order valence-corrected chi connectivity index (χ0v) is 6.71. The molecule has 0 spiro atoms. The average molecular weight is 180 g/mol. The predicted molar refractivity (Wildman–Crippen MR) is 43.2 cm³/mol. The minimum Gasteiger partial charge on any atom is -0.386 e. The third kappa shape index (κ3) is 2.05. The van der Waals surface area contributed by atoms with Gasteiger partial charge in [-0.25, -0.2) is 8.78 Å². The first-order valence-corrected chi connectivity index (χ1v) is 2.87. The molecule has 0 atom stereocenters. The van der Waals surface area contributed by atoms with Crippen molar-refractivity contribution in [2.24, 2.45) is 0 Å². The number of halogens is 3. The Labute approximate surface area is 69.8 Å². The number of anilines is 1. The van der Waals surface area contributed by atoms with Crippen LogP contribution in [0.25, 0.3) is 0 Å². The van der Waals surface area contributed by atoms with Crippen molar-refractivity contribution in [3.63, 3.8) is 0 Å². The van der Waals surface area contributed by atoms with Crippen molar-refractivity contribution in [3.8, 4) is 0 Å². The molecule has 0 aliphatic rings. The van der Waals surface area contributed by atoms with Gasteiger partial charge in [0, 0.05) is 7.05 Å². The molecule has 0 unspecified atom stereocenters. The van der Waals surface area contributed by atoms with Crippen LogP contribution < -0.4 is 5.32 Å². The van der Waals surface area contributed by atoms with Crippen LogP contribution in [0.3, 0.4) is 0 Å². The van der Waals surface area contributed by atoms with E-state index in [1.807, 2.05) is 0 Å². The highest BCUT2D eigenvalue weighted by Crippen LogP contribution is 2.14. The summed E-state index contributed by atoms with van der Waals surface area (Å²) in [4.78, 5) is 0. The van der Waals surface area contributed by atoms with Crippen LogP contribution in [0, 0.1) is 11.6 Å². The van der Waals surface area contributed by atoms with Gasteiger partial charge in [0.15, 0.2) is 11.6 Å². The predicted octanol–water partition coefficient (Wildman–Crippen LogP) is 2.43. The summed E-state index contributed by atoms with van der Waals surface area (Å²) in [6.07, 6.45) is 0. The second kappa shape index (κ2) is 4.13. The number of hydrogen-bond donors (Lipinski definition) is 1. The molecule has 0 fully saturated rings. The molecule has 0 radical (unpaired) electrons. The van der Waals surface area contributed by atoms with E-state index in [4.69, 9.17) is 0 Å². The molecule has 1 rings (SSSR count). The Balaban J connectivity index is 0.000001000. The molecular weight excluding hydrogens is 172 g/mol. The summed E-state index contributed by atoms with van der Waals surface area (Å²) in [5.74, 6) is -1.66. The first-order valence-electron chi connectivity index (χ1n) is 2.87. The quantitative estimate of drug-likeness (QED) is 0.698. The SMILES string of the molecule is CNc1cccc(F)c1F.Cl. The van der Waals surface area contributed by atoms with Gasteiger partial charge in [0.05, 0.1) is 5.69 Å². The second-order valence-electron chi connectivity index (χ2n) is 1.85. The van der Waals surface area contributed by atoms with Crippen molar-refractivity contribution in [1.29, 1.82) is 0 Å². The summed E-state index contributed by atoms with van der Waals surface area (Å²) in [7, 11) is 1.54. The van der Waals surface area contributed by atoms with Crippen LogP contribution in [0.1, 0.15) is 0 Å². The summed E-state index contributed by atoms with van der Waals surface area (Å²) >= 11 is 0. The molecule has 11 heavy (non-hydrogen) atoms. The van der Waals surface area contributed by atoms with Gasteiger partial charge in [-0.3, -0.25) is 0 Å². The molecule has 1 nitrogen and oxygen atoms in total. The first-order chi connectivity index (χ1) is 4.75. The van der Waals surface area contributed by atoms with Crippen molar-refractivity contribution >= 4 is 18.1 Å². The zero-order chi connectivity index (χ0) is 7.56. The van der Waals surface area contributed by atoms with E-state index in [9.17, 15) is 8.78 Å². The van der Waals surface area contributed by atoms with E-state index in [0.717, 1.165) is 6.07 Å². The average Bonchev–Trinajstić information content (AvgIpc) is 1.95. The lowest BCUT2D eigenvalue weighted by Gasteiger charge is -2.00. The Bertz CT molecular complexity index is 240. The fraction of sp³-hybridized carbons (Fsp3) is 0.143. The highest BCUT2D eigenvalue weighted by atomic mass is 35.5. The molecule has 62 valence electrons. The Kier molecular flexibility index (Phi) is 3.82. The van der Waals surface area contributed by atoms with E-state index < -0.39 is 11.6 Å². The minimum atomic E-state index is -0.829. The summed E-state index contributed by atoms with van der Waals surface area (Å²) < 4.78 is 24.9. The Morgan fingerprint density at radius 1 is 1.27 bits per heavy atom. The molecule has 1 aromatic rings. The van der Waals surface area contributed by atoms with Crippen molar-refractivity contribution < 1.29 is 8.78 Å². The summed E-state index contributed by atoms with van der Waals surface area (Å²) in [6.45, 7) is 0. The zero-order valence-electron chi connectivity index (χ0n) is 5.90. The van der Waals surface area contributed by atoms with Gasteiger partial charge in [0.2, 0.25) is 0 Å². The highest BCUT2D eigenvalue weighted by molar-refractivity contribution is 5.85. The minimum absolute atomic E-state index is 0. The van der Waals surface area contributed by atoms with Gasteiger partial charge < -0.3 is 5.32 Å². The van der Waals surface area contributed by atoms with E-state index in [1.54, 1.807) is 0 Å². The monoisotopic (exact) mass is 179 g/mol. The van der Waals surface area contributed by atoms with Gasteiger partial charge >= 0.3 is 0 Å². The number of rotatable bonds is 1. The Morgan fingerprint density at radius 2 is 1.91 bits per heavy atom. The molecule has 0 aromatic heterocycles. The molecule has 0 saturated carbocycles. The van der Waals surface area contributed by atoms with Crippen LogP contribution in [0.4, 0.5) is 14.5 Å². The van der Waals surface area contributed by atoms with Gasteiger partial charge in [-0.1, -0.05) is 6.07 Å². The van der Waals surface area contributed by atoms with Gasteiger partial charge in [-0.05, 0) is 12.1 Å². The van der Waals surface area contributed by atoms with E-state index in [0.29, 0.717) is 0 Å². The fourth-order valence-electron chi connectivity index (χ4n) is 0.697. The molecule has 0 aliphatic carbocycles.